The Hall–Kier alpha value is -2.16. The Balaban J connectivity index is 2.85. The van der Waals surface area contributed by atoms with Crippen molar-refractivity contribution in [2.45, 2.75) is 12.5 Å². The Labute approximate surface area is 123 Å². The van der Waals surface area contributed by atoms with Crippen molar-refractivity contribution in [3.8, 4) is 0 Å². The van der Waals surface area contributed by atoms with E-state index in [0.717, 1.165) is 12.1 Å². The molecule has 1 atom stereocenters. The highest BCUT2D eigenvalue weighted by atomic mass is 32.2. The molecule has 2 N–H and O–H groups in total. The molecular formula is C12H13FN2O5S. The molecule has 1 aromatic carbocycles. The lowest BCUT2D eigenvalue weighted by atomic mass is 10.1. The van der Waals surface area contributed by atoms with Crippen molar-refractivity contribution in [2.24, 2.45) is 0 Å². The van der Waals surface area contributed by atoms with Crippen LogP contribution in [0.2, 0.25) is 0 Å². The van der Waals surface area contributed by atoms with E-state index >= 15 is 0 Å². The molecule has 1 amide bonds. The van der Waals surface area contributed by atoms with Gasteiger partial charge in [-0.15, -0.1) is 0 Å². The molecule has 9 heteroatoms. The molecular weight excluding hydrogens is 303 g/mol. The van der Waals surface area contributed by atoms with Gasteiger partial charge in [-0.25, -0.2) is 4.79 Å². The number of benzene rings is 1. The van der Waals surface area contributed by atoms with Gasteiger partial charge in [0.05, 0.1) is 4.92 Å². The van der Waals surface area contributed by atoms with Crippen LogP contribution < -0.4 is 5.32 Å². The number of nitrogens with one attached hydrogen (secondary N) is 1. The average Bonchev–Trinajstić information content (AvgIpc) is 2.42. The van der Waals surface area contributed by atoms with Crippen molar-refractivity contribution in [3.63, 3.8) is 0 Å². The zero-order valence-electron chi connectivity index (χ0n) is 11.0. The van der Waals surface area contributed by atoms with Crippen LogP contribution in [0.5, 0.6) is 0 Å². The van der Waals surface area contributed by atoms with Gasteiger partial charge >= 0.3 is 11.7 Å². The summed E-state index contributed by atoms with van der Waals surface area (Å²) in [6.07, 6.45) is 2.02. The van der Waals surface area contributed by atoms with Crippen LogP contribution in [0, 0.1) is 15.9 Å². The normalized spacial score (nSPS) is 11.7. The SMILES string of the molecule is CSCC[C@@H](NC(=O)c1ccc([N+](=O)[O-])c(F)c1)C(=O)O. The topological polar surface area (TPSA) is 110 Å². The minimum absolute atomic E-state index is 0.173. The monoisotopic (exact) mass is 316 g/mol. The number of nitrogens with zero attached hydrogens (tertiary/aromatic N) is 1. The number of nitro benzene ring substituents is 1. The number of carbonyl (C=O) groups excluding carboxylic acids is 1. The van der Waals surface area contributed by atoms with Crippen LogP contribution in [-0.2, 0) is 4.79 Å². The molecule has 0 radical (unpaired) electrons. The maximum Gasteiger partial charge on any atom is 0.326 e. The molecule has 0 aromatic heterocycles. The molecule has 114 valence electrons. The van der Waals surface area contributed by atoms with Gasteiger partial charge in [0.25, 0.3) is 5.91 Å². The minimum atomic E-state index is -1.19. The number of halogens is 1. The van der Waals surface area contributed by atoms with Crippen molar-refractivity contribution in [1.29, 1.82) is 0 Å². The molecule has 0 bridgehead atoms. The molecule has 0 aliphatic heterocycles. The van der Waals surface area contributed by atoms with E-state index in [-0.39, 0.29) is 12.0 Å². The lowest BCUT2D eigenvalue weighted by molar-refractivity contribution is -0.387. The van der Waals surface area contributed by atoms with Gasteiger partial charge in [-0.05, 0) is 30.6 Å². The summed E-state index contributed by atoms with van der Waals surface area (Å²) in [7, 11) is 0. The van der Waals surface area contributed by atoms with Crippen molar-refractivity contribution in [3.05, 3.63) is 39.7 Å². The predicted octanol–water partition coefficient (Wildman–Crippen LogP) is 1.67. The second-order valence-electron chi connectivity index (χ2n) is 4.07. The lowest BCUT2D eigenvalue weighted by Crippen LogP contribution is -2.41. The predicted molar refractivity (Wildman–Crippen MR) is 74.9 cm³/mol. The number of hydrogen-bond acceptors (Lipinski definition) is 5. The first-order chi connectivity index (χ1) is 9.86. The zero-order valence-corrected chi connectivity index (χ0v) is 11.9. The maximum absolute atomic E-state index is 13.4. The van der Waals surface area contributed by atoms with Gasteiger partial charge in [0.2, 0.25) is 5.82 Å². The van der Waals surface area contributed by atoms with Crippen LogP contribution in [0.15, 0.2) is 18.2 Å². The number of amides is 1. The van der Waals surface area contributed by atoms with E-state index in [4.69, 9.17) is 5.11 Å². The van der Waals surface area contributed by atoms with Crippen LogP contribution in [0.3, 0.4) is 0 Å². The van der Waals surface area contributed by atoms with Crippen LogP contribution in [0.4, 0.5) is 10.1 Å². The van der Waals surface area contributed by atoms with E-state index in [1.54, 1.807) is 6.26 Å². The highest BCUT2D eigenvalue weighted by Crippen LogP contribution is 2.18. The molecule has 0 aliphatic carbocycles. The number of nitro groups is 1. The number of carboxylic acids is 1. The lowest BCUT2D eigenvalue weighted by Gasteiger charge is -2.13. The molecule has 0 aliphatic rings. The second-order valence-corrected chi connectivity index (χ2v) is 5.05. The smallest absolute Gasteiger partial charge is 0.326 e. The maximum atomic E-state index is 13.4. The van der Waals surface area contributed by atoms with E-state index < -0.39 is 34.3 Å². The van der Waals surface area contributed by atoms with Crippen LogP contribution in [0.1, 0.15) is 16.8 Å². The summed E-state index contributed by atoms with van der Waals surface area (Å²) in [5.74, 6) is -2.60. The molecule has 21 heavy (non-hydrogen) atoms. The summed E-state index contributed by atoms with van der Waals surface area (Å²) in [6, 6.07) is 1.55. The largest absolute Gasteiger partial charge is 0.480 e. The average molecular weight is 316 g/mol. The Kier molecular flexibility index (Phi) is 6.10. The summed E-state index contributed by atoms with van der Waals surface area (Å²) in [5.41, 5.74) is -0.919. The first kappa shape index (κ1) is 16.9. The number of thioether (sulfide) groups is 1. The fraction of sp³-hybridized carbons (Fsp3) is 0.333. The van der Waals surface area contributed by atoms with Gasteiger partial charge in [-0.3, -0.25) is 14.9 Å². The summed E-state index contributed by atoms with van der Waals surface area (Å²) in [5, 5.41) is 21.7. The summed E-state index contributed by atoms with van der Waals surface area (Å²) in [4.78, 5) is 32.4. The van der Waals surface area contributed by atoms with Gasteiger partial charge in [-0.1, -0.05) is 0 Å². The fourth-order valence-electron chi connectivity index (χ4n) is 1.53. The first-order valence-electron chi connectivity index (χ1n) is 5.83. The van der Waals surface area contributed by atoms with Gasteiger partial charge < -0.3 is 10.4 Å². The molecule has 0 saturated carbocycles. The molecule has 7 nitrogen and oxygen atoms in total. The van der Waals surface area contributed by atoms with E-state index in [0.29, 0.717) is 11.8 Å². The quantitative estimate of drug-likeness (QED) is 0.585. The highest BCUT2D eigenvalue weighted by molar-refractivity contribution is 7.98. The van der Waals surface area contributed by atoms with E-state index in [1.165, 1.54) is 11.8 Å². The van der Waals surface area contributed by atoms with Crippen molar-refractivity contribution < 1.29 is 24.0 Å². The minimum Gasteiger partial charge on any atom is -0.480 e. The molecule has 0 heterocycles. The summed E-state index contributed by atoms with van der Waals surface area (Å²) in [6.45, 7) is 0. The van der Waals surface area contributed by atoms with Crippen LogP contribution >= 0.6 is 11.8 Å². The third-order valence-corrected chi connectivity index (χ3v) is 3.26. The Morgan fingerprint density at radius 2 is 2.19 bits per heavy atom. The number of hydrogen-bond donors (Lipinski definition) is 2. The van der Waals surface area contributed by atoms with E-state index in [2.05, 4.69) is 5.32 Å². The number of carbonyl (C=O) groups is 2. The van der Waals surface area contributed by atoms with Gasteiger partial charge in [0.15, 0.2) is 0 Å². The first-order valence-corrected chi connectivity index (χ1v) is 7.22. The Morgan fingerprint density at radius 1 is 1.52 bits per heavy atom. The molecule has 0 unspecified atom stereocenters. The van der Waals surface area contributed by atoms with Gasteiger partial charge in [0, 0.05) is 11.6 Å². The Bertz CT molecular complexity index is 567. The molecule has 0 fully saturated rings. The van der Waals surface area contributed by atoms with E-state index in [1.807, 2.05) is 0 Å². The molecule has 0 saturated heterocycles. The Morgan fingerprint density at radius 3 is 2.67 bits per heavy atom. The summed E-state index contributed by atoms with van der Waals surface area (Å²) < 4.78 is 13.4. The van der Waals surface area contributed by atoms with E-state index in [9.17, 15) is 24.1 Å². The standard InChI is InChI=1S/C12H13FN2O5S/c1-21-5-4-9(12(17)18)14-11(16)7-2-3-10(15(19)20)8(13)6-7/h2-3,6,9H,4-5H2,1H3,(H,14,16)(H,17,18)/t9-/m1/s1. The van der Waals surface area contributed by atoms with Crippen molar-refractivity contribution in [1.82, 2.24) is 5.32 Å². The van der Waals surface area contributed by atoms with Gasteiger partial charge in [-0.2, -0.15) is 16.2 Å². The summed E-state index contributed by atoms with van der Waals surface area (Å²) >= 11 is 1.43. The van der Waals surface area contributed by atoms with Crippen LogP contribution in [0.25, 0.3) is 0 Å². The fourth-order valence-corrected chi connectivity index (χ4v) is 2.00. The molecule has 1 aromatic rings. The van der Waals surface area contributed by atoms with Gasteiger partial charge in [0.1, 0.15) is 6.04 Å². The van der Waals surface area contributed by atoms with Crippen molar-refractivity contribution in [2.75, 3.05) is 12.0 Å². The zero-order chi connectivity index (χ0) is 16.0. The molecule has 0 spiro atoms. The number of aliphatic carboxylic acids is 1. The number of carboxylic acid groups (broad SMARTS) is 1. The third kappa shape index (κ3) is 4.71. The number of rotatable bonds is 7. The third-order valence-electron chi connectivity index (χ3n) is 2.62. The van der Waals surface area contributed by atoms with Crippen molar-refractivity contribution >= 4 is 29.3 Å². The molecule has 1 rings (SSSR count). The highest BCUT2D eigenvalue weighted by Gasteiger charge is 2.22. The second kappa shape index (κ2) is 7.58. The van der Waals surface area contributed by atoms with Crippen LogP contribution in [-0.4, -0.2) is 40.0 Å².